The van der Waals surface area contributed by atoms with Gasteiger partial charge in [-0.3, -0.25) is 4.79 Å². The number of likely N-dealkylation sites (tertiary alicyclic amines) is 1. The van der Waals surface area contributed by atoms with Gasteiger partial charge in [0.05, 0.1) is 17.2 Å². The van der Waals surface area contributed by atoms with Gasteiger partial charge in [-0.1, -0.05) is 12.1 Å². The quantitative estimate of drug-likeness (QED) is 0.421. The normalized spacial score (nSPS) is 16.9. The van der Waals surface area contributed by atoms with Crippen LogP contribution >= 0.6 is 0 Å². The maximum absolute atomic E-state index is 13.1. The first kappa shape index (κ1) is 22.2. The minimum atomic E-state index is 0.0536. The van der Waals surface area contributed by atoms with E-state index in [1.807, 2.05) is 52.2 Å². The van der Waals surface area contributed by atoms with E-state index in [9.17, 15) is 4.79 Å². The van der Waals surface area contributed by atoms with E-state index < -0.39 is 0 Å². The predicted octanol–water partition coefficient (Wildman–Crippen LogP) is 5.17. The zero-order valence-corrected chi connectivity index (χ0v) is 20.3. The zero-order valence-electron chi connectivity index (χ0n) is 20.3. The van der Waals surface area contributed by atoms with Crippen molar-refractivity contribution in [2.75, 3.05) is 13.1 Å². The lowest BCUT2D eigenvalue weighted by molar-refractivity contribution is -0.127. The van der Waals surface area contributed by atoms with Gasteiger partial charge in [-0.25, -0.2) is 9.67 Å². The van der Waals surface area contributed by atoms with E-state index in [0.29, 0.717) is 6.54 Å². The Balaban J connectivity index is 1.33. The van der Waals surface area contributed by atoms with Gasteiger partial charge < -0.3 is 14.5 Å². The SMILES string of the molecule is Cc1cc(/C=C/C(=O)N2CCCC(c3nc4ccccc4[nH]3)C2)c(C)n1-c1ccnn1C(C)C. The predicted molar refractivity (Wildman–Crippen MR) is 135 cm³/mol. The Hall–Kier alpha value is -3.61. The smallest absolute Gasteiger partial charge is 0.246 e. The molecule has 1 saturated heterocycles. The first-order valence-corrected chi connectivity index (χ1v) is 12.1. The zero-order chi connectivity index (χ0) is 23.8. The third kappa shape index (κ3) is 4.06. The fourth-order valence-electron chi connectivity index (χ4n) is 5.02. The molecule has 176 valence electrons. The molecule has 3 aromatic heterocycles. The second-order valence-electron chi connectivity index (χ2n) is 9.49. The molecule has 1 aromatic carbocycles. The monoisotopic (exact) mass is 456 g/mol. The average molecular weight is 457 g/mol. The first-order chi connectivity index (χ1) is 16.4. The molecule has 0 saturated carbocycles. The van der Waals surface area contributed by atoms with Crippen LogP contribution in [0.3, 0.4) is 0 Å². The summed E-state index contributed by atoms with van der Waals surface area (Å²) in [7, 11) is 0. The minimum Gasteiger partial charge on any atom is -0.342 e. The topological polar surface area (TPSA) is 71.7 Å². The summed E-state index contributed by atoms with van der Waals surface area (Å²) in [4.78, 5) is 23.3. The molecule has 0 bridgehead atoms. The van der Waals surface area contributed by atoms with Gasteiger partial charge in [0.2, 0.25) is 5.91 Å². The molecule has 5 rings (SSSR count). The van der Waals surface area contributed by atoms with E-state index in [1.54, 1.807) is 6.08 Å². The lowest BCUT2D eigenvalue weighted by atomic mass is 9.97. The number of hydrogen-bond donors (Lipinski definition) is 1. The number of benzene rings is 1. The van der Waals surface area contributed by atoms with Crippen molar-refractivity contribution in [3.8, 4) is 5.82 Å². The van der Waals surface area contributed by atoms with Crippen LogP contribution < -0.4 is 0 Å². The molecule has 1 N–H and O–H groups in total. The summed E-state index contributed by atoms with van der Waals surface area (Å²) >= 11 is 0. The Morgan fingerprint density at radius 2 is 2.03 bits per heavy atom. The number of H-pyrrole nitrogens is 1. The number of para-hydroxylation sites is 2. The molecule has 34 heavy (non-hydrogen) atoms. The van der Waals surface area contributed by atoms with Crippen molar-refractivity contribution >= 4 is 23.0 Å². The highest BCUT2D eigenvalue weighted by Crippen LogP contribution is 2.27. The number of imidazole rings is 1. The van der Waals surface area contributed by atoms with Crippen LogP contribution in [0, 0.1) is 13.8 Å². The van der Waals surface area contributed by atoms with Crippen molar-refractivity contribution in [2.24, 2.45) is 0 Å². The van der Waals surface area contributed by atoms with Crippen molar-refractivity contribution < 1.29 is 4.79 Å². The van der Waals surface area contributed by atoms with E-state index in [1.165, 1.54) is 0 Å². The summed E-state index contributed by atoms with van der Waals surface area (Å²) in [6, 6.07) is 12.5. The number of fused-ring (bicyclic) bond motifs is 1. The molecule has 1 atom stereocenters. The number of aryl methyl sites for hydroxylation is 1. The molecule has 4 aromatic rings. The fourth-order valence-corrected chi connectivity index (χ4v) is 5.02. The largest absolute Gasteiger partial charge is 0.342 e. The van der Waals surface area contributed by atoms with Crippen LogP contribution in [0.25, 0.3) is 22.9 Å². The number of rotatable bonds is 5. The highest BCUT2D eigenvalue weighted by Gasteiger charge is 2.26. The van der Waals surface area contributed by atoms with Crippen molar-refractivity contribution in [3.05, 3.63) is 71.4 Å². The molecule has 1 fully saturated rings. The summed E-state index contributed by atoms with van der Waals surface area (Å²) in [5.74, 6) is 2.31. The van der Waals surface area contributed by atoms with Crippen LogP contribution in [0.4, 0.5) is 0 Å². The lowest BCUT2D eigenvalue weighted by Crippen LogP contribution is -2.38. The lowest BCUT2D eigenvalue weighted by Gasteiger charge is -2.31. The molecule has 7 heteroatoms. The van der Waals surface area contributed by atoms with Gasteiger partial charge >= 0.3 is 0 Å². The number of nitrogens with zero attached hydrogens (tertiary/aromatic N) is 5. The third-order valence-corrected chi connectivity index (χ3v) is 6.77. The molecule has 1 aliphatic heterocycles. The fraction of sp³-hybridized carbons (Fsp3) is 0.370. The minimum absolute atomic E-state index is 0.0536. The standard InChI is InChI=1S/C27H32N6O/c1-18(2)33-25(13-14-28-33)32-19(3)16-21(20(32)4)11-12-26(34)31-15-7-8-22(17-31)27-29-23-9-5-6-10-24(23)30-27/h5-6,9-14,16,18,22H,7-8,15,17H2,1-4H3,(H,29,30)/b12-11+. The Morgan fingerprint density at radius 3 is 2.82 bits per heavy atom. The first-order valence-electron chi connectivity index (χ1n) is 12.1. The van der Waals surface area contributed by atoms with Crippen LogP contribution in [0.5, 0.6) is 0 Å². The number of piperidine rings is 1. The molecule has 4 heterocycles. The number of amides is 1. The van der Waals surface area contributed by atoms with E-state index in [0.717, 1.165) is 59.0 Å². The van der Waals surface area contributed by atoms with Crippen LogP contribution in [0.1, 0.15) is 61.4 Å². The van der Waals surface area contributed by atoms with E-state index in [-0.39, 0.29) is 17.9 Å². The van der Waals surface area contributed by atoms with Crippen molar-refractivity contribution in [1.82, 2.24) is 29.2 Å². The summed E-state index contributed by atoms with van der Waals surface area (Å²) in [6.07, 6.45) is 7.52. The van der Waals surface area contributed by atoms with Gasteiger partial charge in [-0.15, -0.1) is 0 Å². The number of carbonyl (C=O) groups excluding carboxylic acids is 1. The van der Waals surface area contributed by atoms with Crippen molar-refractivity contribution in [3.63, 3.8) is 0 Å². The van der Waals surface area contributed by atoms with Gasteiger partial charge in [-0.2, -0.15) is 5.10 Å². The van der Waals surface area contributed by atoms with Crippen LogP contribution in [-0.2, 0) is 4.79 Å². The Labute approximate surface area is 200 Å². The van der Waals surface area contributed by atoms with Gasteiger partial charge in [-0.05, 0) is 70.4 Å². The number of nitrogens with one attached hydrogen (secondary N) is 1. The molecule has 7 nitrogen and oxygen atoms in total. The summed E-state index contributed by atoms with van der Waals surface area (Å²) in [5, 5.41) is 4.47. The molecule has 1 amide bonds. The second-order valence-corrected chi connectivity index (χ2v) is 9.49. The van der Waals surface area contributed by atoms with Crippen molar-refractivity contribution in [2.45, 2.75) is 52.5 Å². The molecule has 1 unspecified atom stereocenters. The highest BCUT2D eigenvalue weighted by atomic mass is 16.2. The summed E-state index contributed by atoms with van der Waals surface area (Å²) < 4.78 is 4.22. The van der Waals surface area contributed by atoms with Crippen LogP contribution in [-0.4, -0.2) is 48.2 Å². The second kappa shape index (κ2) is 8.97. The van der Waals surface area contributed by atoms with Crippen LogP contribution in [0.15, 0.2) is 48.7 Å². The van der Waals surface area contributed by atoms with E-state index >= 15 is 0 Å². The van der Waals surface area contributed by atoms with Crippen LogP contribution in [0.2, 0.25) is 0 Å². The average Bonchev–Trinajstić information content (AvgIpc) is 3.54. The van der Waals surface area contributed by atoms with Gasteiger partial charge in [0, 0.05) is 48.6 Å². The Kier molecular flexibility index (Phi) is 5.86. The Bertz CT molecular complexity index is 1320. The molecular formula is C27H32N6O. The number of aromatic amines is 1. The van der Waals surface area contributed by atoms with Gasteiger partial charge in [0.15, 0.2) is 0 Å². The molecule has 1 aliphatic rings. The third-order valence-electron chi connectivity index (χ3n) is 6.77. The van der Waals surface area contributed by atoms with Crippen molar-refractivity contribution in [1.29, 1.82) is 0 Å². The molecule has 0 aliphatic carbocycles. The Morgan fingerprint density at radius 1 is 1.21 bits per heavy atom. The maximum atomic E-state index is 13.1. The summed E-state index contributed by atoms with van der Waals surface area (Å²) in [5.41, 5.74) is 5.30. The van der Waals surface area contributed by atoms with E-state index in [4.69, 9.17) is 4.98 Å². The number of carbonyl (C=O) groups is 1. The molecule has 0 radical (unpaired) electrons. The molecule has 0 spiro atoms. The number of hydrogen-bond acceptors (Lipinski definition) is 3. The van der Waals surface area contributed by atoms with E-state index in [2.05, 4.69) is 48.4 Å². The highest BCUT2D eigenvalue weighted by molar-refractivity contribution is 5.92. The van der Waals surface area contributed by atoms with Gasteiger partial charge in [0.25, 0.3) is 0 Å². The summed E-state index contributed by atoms with van der Waals surface area (Å²) in [6.45, 7) is 9.91. The van der Waals surface area contributed by atoms with Gasteiger partial charge in [0.1, 0.15) is 11.6 Å². The number of aromatic nitrogens is 5. The molecular weight excluding hydrogens is 424 g/mol. The maximum Gasteiger partial charge on any atom is 0.246 e.